The van der Waals surface area contributed by atoms with Gasteiger partial charge in [0.15, 0.2) is 0 Å². The molecule has 0 radical (unpaired) electrons. The van der Waals surface area contributed by atoms with Crippen molar-refractivity contribution >= 4 is 5.91 Å². The minimum Gasteiger partial charge on any atom is -0.497 e. The summed E-state index contributed by atoms with van der Waals surface area (Å²) in [5, 5.41) is 3.15. The van der Waals surface area contributed by atoms with Crippen LogP contribution in [0.3, 0.4) is 0 Å². The molecular weight excluding hydrogens is 388 g/mol. The Morgan fingerprint density at radius 2 is 1.81 bits per heavy atom. The van der Waals surface area contributed by atoms with E-state index in [1.807, 2.05) is 66.3 Å². The Balaban J connectivity index is 1.79. The largest absolute Gasteiger partial charge is 0.497 e. The molecule has 31 heavy (non-hydrogen) atoms. The van der Waals surface area contributed by atoms with E-state index >= 15 is 0 Å². The zero-order chi connectivity index (χ0) is 22.4. The summed E-state index contributed by atoms with van der Waals surface area (Å²) < 4.78 is 7.18. The van der Waals surface area contributed by atoms with Crippen molar-refractivity contribution in [2.45, 2.75) is 39.4 Å². The van der Waals surface area contributed by atoms with E-state index in [1.165, 1.54) is 5.56 Å². The van der Waals surface area contributed by atoms with Gasteiger partial charge in [-0.05, 0) is 55.8 Å². The second kappa shape index (κ2) is 10.3. The van der Waals surface area contributed by atoms with Crippen LogP contribution in [0.25, 0.3) is 0 Å². The Kier molecular flexibility index (Phi) is 7.47. The number of methoxy groups -OCH3 is 1. The van der Waals surface area contributed by atoms with Gasteiger partial charge < -0.3 is 14.6 Å². The van der Waals surface area contributed by atoms with E-state index in [1.54, 1.807) is 13.3 Å². The molecule has 0 spiro atoms. The number of amides is 1. The molecule has 1 amide bonds. The van der Waals surface area contributed by atoms with Gasteiger partial charge in [0.1, 0.15) is 17.6 Å². The van der Waals surface area contributed by atoms with Crippen molar-refractivity contribution in [3.63, 3.8) is 0 Å². The van der Waals surface area contributed by atoms with Crippen LogP contribution in [-0.2, 0) is 13.6 Å². The summed E-state index contributed by atoms with van der Waals surface area (Å²) in [4.78, 5) is 19.9. The number of carbonyl (C=O) groups is 1. The molecule has 6 heteroatoms. The lowest BCUT2D eigenvalue weighted by Gasteiger charge is -2.24. The van der Waals surface area contributed by atoms with Crippen LogP contribution in [0.5, 0.6) is 5.75 Å². The molecule has 1 N–H and O–H groups in total. The van der Waals surface area contributed by atoms with Crippen molar-refractivity contribution in [1.29, 1.82) is 0 Å². The van der Waals surface area contributed by atoms with Gasteiger partial charge in [0.05, 0.1) is 7.11 Å². The number of benzene rings is 2. The zero-order valence-electron chi connectivity index (χ0n) is 19.0. The summed E-state index contributed by atoms with van der Waals surface area (Å²) in [6.45, 7) is 8.42. The highest BCUT2D eigenvalue weighted by Gasteiger charge is 2.21. The number of imidazole rings is 1. The molecule has 0 aliphatic carbocycles. The number of ether oxygens (including phenoxy) is 1. The van der Waals surface area contributed by atoms with Gasteiger partial charge in [-0.15, -0.1) is 0 Å². The molecular formula is C25H32N4O2. The smallest absolute Gasteiger partial charge is 0.252 e. The van der Waals surface area contributed by atoms with Crippen molar-refractivity contribution in [3.05, 3.63) is 83.4 Å². The van der Waals surface area contributed by atoms with E-state index in [2.05, 4.69) is 36.0 Å². The van der Waals surface area contributed by atoms with Gasteiger partial charge >= 0.3 is 0 Å². The third-order valence-electron chi connectivity index (χ3n) is 5.58. The van der Waals surface area contributed by atoms with Crippen LogP contribution in [0.15, 0.2) is 60.9 Å². The van der Waals surface area contributed by atoms with Crippen LogP contribution in [0, 0.1) is 0 Å². The van der Waals surface area contributed by atoms with Crippen molar-refractivity contribution < 1.29 is 9.53 Å². The van der Waals surface area contributed by atoms with Crippen LogP contribution in [0.1, 0.15) is 54.1 Å². The van der Waals surface area contributed by atoms with Gasteiger partial charge in [-0.25, -0.2) is 4.98 Å². The number of aryl methyl sites for hydroxylation is 1. The molecule has 0 saturated heterocycles. The van der Waals surface area contributed by atoms with E-state index < -0.39 is 0 Å². The Hall–Kier alpha value is -3.12. The van der Waals surface area contributed by atoms with E-state index in [-0.39, 0.29) is 11.9 Å². The van der Waals surface area contributed by atoms with Gasteiger partial charge in [0.25, 0.3) is 5.91 Å². The molecule has 3 aromatic rings. The molecule has 1 heterocycles. The molecule has 1 unspecified atom stereocenters. The van der Waals surface area contributed by atoms with Gasteiger partial charge in [-0.3, -0.25) is 9.69 Å². The highest BCUT2D eigenvalue weighted by atomic mass is 16.5. The molecule has 6 nitrogen and oxygen atoms in total. The molecule has 0 fully saturated rings. The number of hydrogen-bond acceptors (Lipinski definition) is 4. The minimum absolute atomic E-state index is 0.133. The highest BCUT2D eigenvalue weighted by Crippen LogP contribution is 2.23. The van der Waals surface area contributed by atoms with E-state index in [4.69, 9.17) is 4.74 Å². The number of rotatable bonds is 9. The molecule has 1 aromatic heterocycles. The second-order valence-electron chi connectivity index (χ2n) is 7.93. The quantitative estimate of drug-likeness (QED) is 0.564. The number of aromatic nitrogens is 2. The third-order valence-corrected chi connectivity index (χ3v) is 5.58. The maximum atomic E-state index is 13.1. The molecule has 164 valence electrons. The predicted molar refractivity (Wildman–Crippen MR) is 123 cm³/mol. The summed E-state index contributed by atoms with van der Waals surface area (Å²) in [5.41, 5.74) is 2.77. The molecule has 0 saturated carbocycles. The lowest BCUT2D eigenvalue weighted by molar-refractivity contribution is 0.0941. The monoisotopic (exact) mass is 420 g/mol. The number of nitrogens with one attached hydrogen (secondary N) is 1. The molecule has 0 aliphatic rings. The predicted octanol–water partition coefficient (Wildman–Crippen LogP) is 4.18. The molecule has 2 aromatic carbocycles. The summed E-state index contributed by atoms with van der Waals surface area (Å²) in [6, 6.07) is 15.6. The first-order valence-corrected chi connectivity index (χ1v) is 10.7. The summed E-state index contributed by atoms with van der Waals surface area (Å²) >= 11 is 0. The molecule has 3 rings (SSSR count). The molecule has 0 aliphatic heterocycles. The minimum atomic E-state index is -0.366. The van der Waals surface area contributed by atoms with E-state index in [9.17, 15) is 4.79 Å². The van der Waals surface area contributed by atoms with E-state index in [0.29, 0.717) is 11.6 Å². The third kappa shape index (κ3) is 5.52. The first-order chi connectivity index (χ1) is 14.9. The van der Waals surface area contributed by atoms with Crippen LogP contribution in [0.2, 0.25) is 0 Å². The summed E-state index contributed by atoms with van der Waals surface area (Å²) in [7, 11) is 3.56. The fourth-order valence-electron chi connectivity index (χ4n) is 3.62. The number of hydrogen-bond donors (Lipinski definition) is 1. The topological polar surface area (TPSA) is 59.4 Å². The zero-order valence-corrected chi connectivity index (χ0v) is 19.0. The van der Waals surface area contributed by atoms with Gasteiger partial charge in [0.2, 0.25) is 0 Å². The Morgan fingerprint density at radius 1 is 1.13 bits per heavy atom. The van der Waals surface area contributed by atoms with Crippen molar-refractivity contribution in [2.24, 2.45) is 7.05 Å². The average molecular weight is 421 g/mol. The number of carbonyl (C=O) groups excluding carboxylic acids is 1. The van der Waals surface area contributed by atoms with Crippen molar-refractivity contribution in [2.75, 3.05) is 13.7 Å². The van der Waals surface area contributed by atoms with Gasteiger partial charge in [-0.2, -0.15) is 0 Å². The highest BCUT2D eigenvalue weighted by molar-refractivity contribution is 5.94. The van der Waals surface area contributed by atoms with Crippen LogP contribution in [-0.4, -0.2) is 40.1 Å². The van der Waals surface area contributed by atoms with Crippen LogP contribution < -0.4 is 10.1 Å². The fraction of sp³-hybridized carbons (Fsp3) is 0.360. The normalized spacial score (nSPS) is 12.2. The summed E-state index contributed by atoms with van der Waals surface area (Å²) in [5.74, 6) is 1.41. The fourth-order valence-corrected chi connectivity index (χ4v) is 3.62. The van der Waals surface area contributed by atoms with Crippen LogP contribution in [0.4, 0.5) is 0 Å². The first-order valence-electron chi connectivity index (χ1n) is 10.7. The number of nitrogens with zero attached hydrogens (tertiary/aromatic N) is 3. The first kappa shape index (κ1) is 22.6. The Bertz CT molecular complexity index is 978. The standard InChI is InChI=1S/C25H32N4O2/c1-6-29(18(2)3)17-19-7-9-21(10-8-19)25(30)27-23(24-26-15-16-28(24)4)20-11-13-22(31-5)14-12-20/h7-16,18,23H,6,17H2,1-5H3,(H,27,30). The lowest BCUT2D eigenvalue weighted by atomic mass is 10.0. The lowest BCUT2D eigenvalue weighted by Crippen LogP contribution is -2.31. The summed E-state index contributed by atoms with van der Waals surface area (Å²) in [6.07, 6.45) is 3.61. The molecule has 1 atom stereocenters. The Labute approximate surface area is 184 Å². The Morgan fingerprint density at radius 3 is 2.32 bits per heavy atom. The SMILES string of the molecule is CCN(Cc1ccc(C(=O)NC(c2ccc(OC)cc2)c2nccn2C)cc1)C(C)C. The second-order valence-corrected chi connectivity index (χ2v) is 7.93. The van der Waals surface area contributed by atoms with Gasteiger partial charge in [0, 0.05) is 37.6 Å². The van der Waals surface area contributed by atoms with E-state index in [0.717, 1.165) is 30.2 Å². The maximum Gasteiger partial charge on any atom is 0.252 e. The molecule has 0 bridgehead atoms. The van der Waals surface area contributed by atoms with Gasteiger partial charge in [-0.1, -0.05) is 31.2 Å². The van der Waals surface area contributed by atoms with Crippen LogP contribution >= 0.6 is 0 Å². The van der Waals surface area contributed by atoms with Crippen molar-refractivity contribution in [3.8, 4) is 5.75 Å². The van der Waals surface area contributed by atoms with Crippen molar-refractivity contribution in [1.82, 2.24) is 19.8 Å². The maximum absolute atomic E-state index is 13.1. The average Bonchev–Trinajstić information content (AvgIpc) is 3.21.